The first-order valence-corrected chi connectivity index (χ1v) is 5.53. The Hall–Kier alpha value is -1.14. The normalized spacial score (nSPS) is 25.3. The standard InChI is InChI=1S/C9H11N3O2S/c13-8(14)7-4-6(5-12-7)15-9-10-2-1-3-11-9/h1-3,6-7,12H,4-5H2,(H,13,14)/t6-,7+/m1/s1. The van der Waals surface area contributed by atoms with Crippen molar-refractivity contribution in [3.8, 4) is 0 Å². The number of carboxylic acids is 1. The van der Waals surface area contributed by atoms with Crippen LogP contribution in [0.1, 0.15) is 6.42 Å². The van der Waals surface area contributed by atoms with Gasteiger partial charge in [0.05, 0.1) is 0 Å². The van der Waals surface area contributed by atoms with Crippen molar-refractivity contribution < 1.29 is 9.90 Å². The van der Waals surface area contributed by atoms with Gasteiger partial charge in [0.25, 0.3) is 0 Å². The van der Waals surface area contributed by atoms with Gasteiger partial charge in [0.2, 0.25) is 0 Å². The summed E-state index contributed by atoms with van der Waals surface area (Å²) < 4.78 is 0. The minimum Gasteiger partial charge on any atom is -0.480 e. The first-order chi connectivity index (χ1) is 7.25. The van der Waals surface area contributed by atoms with Gasteiger partial charge in [0.1, 0.15) is 6.04 Å². The lowest BCUT2D eigenvalue weighted by Crippen LogP contribution is -2.29. The minimum atomic E-state index is -0.785. The van der Waals surface area contributed by atoms with Crippen molar-refractivity contribution in [1.29, 1.82) is 0 Å². The van der Waals surface area contributed by atoms with Crippen molar-refractivity contribution >= 4 is 17.7 Å². The average Bonchev–Trinajstić information content (AvgIpc) is 2.68. The van der Waals surface area contributed by atoms with E-state index in [0.29, 0.717) is 18.1 Å². The van der Waals surface area contributed by atoms with Gasteiger partial charge in [-0.15, -0.1) is 0 Å². The number of nitrogens with one attached hydrogen (secondary N) is 1. The van der Waals surface area contributed by atoms with Gasteiger partial charge >= 0.3 is 5.97 Å². The second-order valence-corrected chi connectivity index (χ2v) is 4.57. The second kappa shape index (κ2) is 4.59. The van der Waals surface area contributed by atoms with Gasteiger partial charge in [-0.25, -0.2) is 9.97 Å². The lowest BCUT2D eigenvalue weighted by atomic mass is 10.2. The molecule has 0 radical (unpaired) electrons. The number of nitrogens with zero attached hydrogens (tertiary/aromatic N) is 2. The van der Waals surface area contributed by atoms with Gasteiger partial charge in [-0.1, -0.05) is 11.8 Å². The van der Waals surface area contributed by atoms with E-state index in [4.69, 9.17) is 5.11 Å². The summed E-state index contributed by atoms with van der Waals surface area (Å²) in [5, 5.41) is 12.7. The maximum atomic E-state index is 10.7. The van der Waals surface area contributed by atoms with Crippen LogP contribution in [0, 0.1) is 0 Å². The van der Waals surface area contributed by atoms with Crippen LogP contribution < -0.4 is 5.32 Å². The molecule has 2 heterocycles. The molecule has 0 aromatic carbocycles. The first kappa shape index (κ1) is 10.4. The highest BCUT2D eigenvalue weighted by molar-refractivity contribution is 7.99. The van der Waals surface area contributed by atoms with E-state index in [0.717, 1.165) is 0 Å². The monoisotopic (exact) mass is 225 g/mol. The van der Waals surface area contributed by atoms with Crippen LogP contribution in [0.4, 0.5) is 0 Å². The third-order valence-electron chi connectivity index (χ3n) is 2.20. The molecule has 1 aromatic rings. The number of aliphatic carboxylic acids is 1. The topological polar surface area (TPSA) is 75.1 Å². The zero-order valence-corrected chi connectivity index (χ0v) is 8.78. The molecule has 2 atom stereocenters. The highest BCUT2D eigenvalue weighted by atomic mass is 32.2. The third kappa shape index (κ3) is 2.66. The van der Waals surface area contributed by atoms with E-state index in [1.54, 1.807) is 18.5 Å². The highest BCUT2D eigenvalue weighted by Crippen LogP contribution is 2.25. The molecule has 0 saturated carbocycles. The van der Waals surface area contributed by atoms with Crippen molar-refractivity contribution in [2.24, 2.45) is 0 Å². The Labute approximate surface area is 91.3 Å². The van der Waals surface area contributed by atoms with Crippen molar-refractivity contribution in [2.45, 2.75) is 22.9 Å². The molecule has 1 aliphatic heterocycles. The van der Waals surface area contributed by atoms with Gasteiger partial charge in [-0.2, -0.15) is 0 Å². The number of thioether (sulfide) groups is 1. The number of carboxylic acid groups (broad SMARTS) is 1. The van der Waals surface area contributed by atoms with E-state index in [9.17, 15) is 4.79 Å². The van der Waals surface area contributed by atoms with Gasteiger partial charge in [0, 0.05) is 24.2 Å². The fourth-order valence-electron chi connectivity index (χ4n) is 1.48. The SMILES string of the molecule is O=C(O)[C@@H]1C[C@@H](Sc2ncccn2)CN1. The number of carbonyl (C=O) groups is 1. The van der Waals surface area contributed by atoms with Crippen LogP contribution in [0.15, 0.2) is 23.6 Å². The van der Waals surface area contributed by atoms with Gasteiger partial charge in [-0.3, -0.25) is 4.79 Å². The third-order valence-corrected chi connectivity index (χ3v) is 3.32. The van der Waals surface area contributed by atoms with Crippen LogP contribution in [0.5, 0.6) is 0 Å². The predicted molar refractivity (Wildman–Crippen MR) is 55.7 cm³/mol. The van der Waals surface area contributed by atoms with E-state index in [2.05, 4.69) is 15.3 Å². The Morgan fingerprint density at radius 1 is 1.53 bits per heavy atom. The summed E-state index contributed by atoms with van der Waals surface area (Å²) in [4.78, 5) is 18.9. The molecule has 2 rings (SSSR count). The zero-order valence-electron chi connectivity index (χ0n) is 7.96. The number of hydrogen-bond donors (Lipinski definition) is 2. The van der Waals surface area contributed by atoms with E-state index < -0.39 is 12.0 Å². The van der Waals surface area contributed by atoms with E-state index in [1.807, 2.05) is 0 Å². The van der Waals surface area contributed by atoms with Crippen molar-refractivity contribution in [2.75, 3.05) is 6.54 Å². The fraction of sp³-hybridized carbons (Fsp3) is 0.444. The van der Waals surface area contributed by atoms with Crippen LogP contribution in [0.2, 0.25) is 0 Å². The highest BCUT2D eigenvalue weighted by Gasteiger charge is 2.30. The molecule has 1 aliphatic rings. The van der Waals surface area contributed by atoms with Crippen LogP contribution in [0.25, 0.3) is 0 Å². The molecule has 1 fully saturated rings. The summed E-state index contributed by atoms with van der Waals surface area (Å²) in [6, 6.07) is 1.34. The quantitative estimate of drug-likeness (QED) is 0.724. The molecular weight excluding hydrogens is 214 g/mol. The van der Waals surface area contributed by atoms with Gasteiger partial charge < -0.3 is 10.4 Å². The summed E-state index contributed by atoms with van der Waals surface area (Å²) in [7, 11) is 0. The zero-order chi connectivity index (χ0) is 10.7. The van der Waals surface area contributed by atoms with Crippen LogP contribution in [0.3, 0.4) is 0 Å². The molecule has 0 bridgehead atoms. The Bertz CT molecular complexity index is 346. The number of rotatable bonds is 3. The summed E-state index contributed by atoms with van der Waals surface area (Å²) >= 11 is 1.52. The molecule has 15 heavy (non-hydrogen) atoms. The smallest absolute Gasteiger partial charge is 0.320 e. The predicted octanol–water partition coefficient (Wildman–Crippen LogP) is 0.384. The lowest BCUT2D eigenvalue weighted by molar-refractivity contribution is -0.139. The van der Waals surface area contributed by atoms with Crippen LogP contribution in [-0.4, -0.2) is 38.9 Å². The largest absolute Gasteiger partial charge is 0.480 e. The molecule has 0 spiro atoms. The molecule has 6 heteroatoms. The molecule has 1 saturated heterocycles. The Morgan fingerprint density at radius 2 is 2.27 bits per heavy atom. The molecule has 1 aromatic heterocycles. The fourth-order valence-corrected chi connectivity index (χ4v) is 2.49. The maximum Gasteiger partial charge on any atom is 0.320 e. The average molecular weight is 225 g/mol. The van der Waals surface area contributed by atoms with Gasteiger partial charge in [0.15, 0.2) is 5.16 Å². The summed E-state index contributed by atoms with van der Waals surface area (Å²) in [6.45, 7) is 0.694. The van der Waals surface area contributed by atoms with E-state index in [-0.39, 0.29) is 5.25 Å². The van der Waals surface area contributed by atoms with Crippen molar-refractivity contribution in [1.82, 2.24) is 15.3 Å². The van der Waals surface area contributed by atoms with Crippen molar-refractivity contribution in [3.63, 3.8) is 0 Å². The van der Waals surface area contributed by atoms with Gasteiger partial charge in [-0.05, 0) is 12.5 Å². The second-order valence-electron chi connectivity index (χ2n) is 3.31. The molecule has 0 aliphatic carbocycles. The van der Waals surface area contributed by atoms with Crippen LogP contribution in [-0.2, 0) is 4.79 Å². The number of aromatic nitrogens is 2. The first-order valence-electron chi connectivity index (χ1n) is 4.65. The van der Waals surface area contributed by atoms with Crippen LogP contribution >= 0.6 is 11.8 Å². The molecule has 0 unspecified atom stereocenters. The number of hydrogen-bond acceptors (Lipinski definition) is 5. The summed E-state index contributed by atoms with van der Waals surface area (Å²) in [6.07, 6.45) is 4.00. The molecule has 5 nitrogen and oxygen atoms in total. The Morgan fingerprint density at radius 3 is 2.87 bits per heavy atom. The summed E-state index contributed by atoms with van der Waals surface area (Å²) in [5.41, 5.74) is 0. The van der Waals surface area contributed by atoms with Crippen molar-refractivity contribution in [3.05, 3.63) is 18.5 Å². The molecule has 80 valence electrons. The van der Waals surface area contributed by atoms with E-state index in [1.165, 1.54) is 11.8 Å². The maximum absolute atomic E-state index is 10.7. The summed E-state index contributed by atoms with van der Waals surface area (Å²) in [5.74, 6) is -0.785. The Balaban J connectivity index is 1.90. The lowest BCUT2D eigenvalue weighted by Gasteiger charge is -2.05. The Kier molecular flexibility index (Phi) is 3.17. The van der Waals surface area contributed by atoms with E-state index >= 15 is 0 Å². The minimum absolute atomic E-state index is 0.244. The molecule has 0 amide bonds. The molecular formula is C9H11N3O2S. The molecule has 2 N–H and O–H groups in total.